The van der Waals surface area contributed by atoms with Crippen LogP contribution in [0.2, 0.25) is 0 Å². The fourth-order valence-electron chi connectivity index (χ4n) is 0.704. The predicted molar refractivity (Wildman–Crippen MR) is 40.7 cm³/mol. The van der Waals surface area contributed by atoms with Gasteiger partial charge in [-0.3, -0.25) is 0 Å². The highest BCUT2D eigenvalue weighted by Gasteiger charge is 2.35. The van der Waals surface area contributed by atoms with Gasteiger partial charge in [-0.1, -0.05) is 19.6 Å². The molecule has 1 nitrogen and oxygen atoms in total. The standard InChI is InChI=1S/C8H11F3O/c1-3-7(8(9,10)11)5-4-6(2)12/h4-5,7,12H,2-3H2,1H3/b5-4-. The summed E-state index contributed by atoms with van der Waals surface area (Å²) in [5, 5.41) is 8.51. The first-order valence-corrected chi connectivity index (χ1v) is 3.50. The number of aliphatic hydroxyl groups excluding tert-OH is 1. The van der Waals surface area contributed by atoms with Crippen molar-refractivity contribution >= 4 is 0 Å². The van der Waals surface area contributed by atoms with Crippen LogP contribution in [0, 0.1) is 5.92 Å². The molecule has 0 heterocycles. The summed E-state index contributed by atoms with van der Waals surface area (Å²) in [5.74, 6) is -1.86. The van der Waals surface area contributed by atoms with Crippen LogP contribution in [0.15, 0.2) is 24.5 Å². The Hall–Kier alpha value is -0.930. The van der Waals surface area contributed by atoms with Crippen LogP contribution in [-0.2, 0) is 0 Å². The van der Waals surface area contributed by atoms with Crippen LogP contribution in [0.25, 0.3) is 0 Å². The van der Waals surface area contributed by atoms with E-state index in [0.717, 1.165) is 12.2 Å². The molecule has 0 saturated heterocycles. The van der Waals surface area contributed by atoms with Crippen molar-refractivity contribution in [3.05, 3.63) is 24.5 Å². The predicted octanol–water partition coefficient (Wildman–Crippen LogP) is 3.20. The highest BCUT2D eigenvalue weighted by Crippen LogP contribution is 2.29. The molecule has 0 aliphatic rings. The first-order valence-electron chi connectivity index (χ1n) is 3.50. The number of alkyl halides is 3. The van der Waals surface area contributed by atoms with Gasteiger partial charge >= 0.3 is 6.18 Å². The molecule has 0 aromatic rings. The average molecular weight is 180 g/mol. The fraction of sp³-hybridized carbons (Fsp3) is 0.500. The van der Waals surface area contributed by atoms with Crippen LogP contribution in [0.1, 0.15) is 13.3 Å². The Balaban J connectivity index is 4.28. The second kappa shape index (κ2) is 4.18. The van der Waals surface area contributed by atoms with E-state index in [1.807, 2.05) is 0 Å². The molecule has 0 aliphatic heterocycles. The number of hydrogen-bond acceptors (Lipinski definition) is 1. The maximum absolute atomic E-state index is 12.0. The minimum Gasteiger partial charge on any atom is -0.509 e. The molecule has 0 spiro atoms. The Morgan fingerprint density at radius 1 is 1.58 bits per heavy atom. The molecule has 0 fully saturated rings. The lowest BCUT2D eigenvalue weighted by Crippen LogP contribution is -2.19. The maximum Gasteiger partial charge on any atom is 0.395 e. The molecule has 1 atom stereocenters. The Morgan fingerprint density at radius 2 is 2.08 bits per heavy atom. The van der Waals surface area contributed by atoms with E-state index in [9.17, 15) is 13.2 Å². The highest BCUT2D eigenvalue weighted by atomic mass is 19.4. The quantitative estimate of drug-likeness (QED) is 0.522. The maximum atomic E-state index is 12.0. The van der Waals surface area contributed by atoms with Crippen LogP contribution in [0.4, 0.5) is 13.2 Å². The Labute approximate surface area is 69.2 Å². The summed E-state index contributed by atoms with van der Waals surface area (Å²) in [7, 11) is 0. The van der Waals surface area contributed by atoms with Crippen LogP contribution in [-0.4, -0.2) is 11.3 Å². The van der Waals surface area contributed by atoms with Crippen molar-refractivity contribution in [3.63, 3.8) is 0 Å². The second-order valence-electron chi connectivity index (χ2n) is 2.41. The molecule has 0 bridgehead atoms. The molecule has 0 saturated carbocycles. The van der Waals surface area contributed by atoms with E-state index in [2.05, 4.69) is 6.58 Å². The zero-order chi connectivity index (χ0) is 9.78. The lowest BCUT2D eigenvalue weighted by molar-refractivity contribution is -0.161. The van der Waals surface area contributed by atoms with Crippen LogP contribution >= 0.6 is 0 Å². The summed E-state index contributed by atoms with van der Waals surface area (Å²) in [6.07, 6.45) is -2.40. The van der Waals surface area contributed by atoms with Crippen molar-refractivity contribution in [2.24, 2.45) is 5.92 Å². The van der Waals surface area contributed by atoms with E-state index in [0.29, 0.717) is 0 Å². The number of allylic oxidation sites excluding steroid dienone is 2. The number of halogens is 3. The van der Waals surface area contributed by atoms with Gasteiger partial charge in [0.15, 0.2) is 0 Å². The van der Waals surface area contributed by atoms with Gasteiger partial charge in [0.25, 0.3) is 0 Å². The van der Waals surface area contributed by atoms with Gasteiger partial charge in [-0.15, -0.1) is 0 Å². The van der Waals surface area contributed by atoms with E-state index in [1.165, 1.54) is 6.92 Å². The monoisotopic (exact) mass is 180 g/mol. The number of rotatable bonds is 3. The van der Waals surface area contributed by atoms with E-state index < -0.39 is 12.1 Å². The molecule has 0 radical (unpaired) electrons. The molecular weight excluding hydrogens is 169 g/mol. The van der Waals surface area contributed by atoms with Crippen molar-refractivity contribution in [2.45, 2.75) is 19.5 Å². The summed E-state index contributed by atoms with van der Waals surface area (Å²) in [6, 6.07) is 0. The van der Waals surface area contributed by atoms with Gasteiger partial charge in [-0.25, -0.2) is 0 Å². The third kappa shape index (κ3) is 4.05. The van der Waals surface area contributed by atoms with Crippen molar-refractivity contribution < 1.29 is 18.3 Å². The molecule has 0 rings (SSSR count). The van der Waals surface area contributed by atoms with E-state index in [1.54, 1.807) is 0 Å². The SMILES string of the molecule is C=C(O)/C=C\C(CC)C(F)(F)F. The Bertz CT molecular complexity index is 181. The fourth-order valence-corrected chi connectivity index (χ4v) is 0.704. The van der Waals surface area contributed by atoms with E-state index in [4.69, 9.17) is 5.11 Å². The largest absolute Gasteiger partial charge is 0.509 e. The third-order valence-electron chi connectivity index (χ3n) is 1.38. The van der Waals surface area contributed by atoms with E-state index in [-0.39, 0.29) is 12.2 Å². The van der Waals surface area contributed by atoms with Crippen molar-refractivity contribution in [1.29, 1.82) is 0 Å². The molecule has 0 aromatic carbocycles. The average Bonchev–Trinajstić information content (AvgIpc) is 1.85. The molecule has 0 amide bonds. The van der Waals surface area contributed by atoms with E-state index >= 15 is 0 Å². The normalized spacial score (nSPS) is 15.0. The van der Waals surface area contributed by atoms with Crippen LogP contribution in [0.5, 0.6) is 0 Å². The smallest absolute Gasteiger partial charge is 0.395 e. The minimum absolute atomic E-state index is 0.0344. The second-order valence-corrected chi connectivity index (χ2v) is 2.41. The number of aliphatic hydroxyl groups is 1. The van der Waals surface area contributed by atoms with Gasteiger partial charge in [0.2, 0.25) is 0 Å². The van der Waals surface area contributed by atoms with Crippen molar-refractivity contribution in [2.75, 3.05) is 0 Å². The van der Waals surface area contributed by atoms with Gasteiger partial charge in [-0.05, 0) is 12.5 Å². The minimum atomic E-state index is -4.24. The zero-order valence-corrected chi connectivity index (χ0v) is 6.73. The Morgan fingerprint density at radius 3 is 2.33 bits per heavy atom. The van der Waals surface area contributed by atoms with Gasteiger partial charge in [0.1, 0.15) is 5.76 Å². The van der Waals surface area contributed by atoms with Crippen LogP contribution in [0.3, 0.4) is 0 Å². The molecule has 12 heavy (non-hydrogen) atoms. The lowest BCUT2D eigenvalue weighted by atomic mass is 10.1. The summed E-state index contributed by atoms with van der Waals surface area (Å²) in [6.45, 7) is 4.48. The van der Waals surface area contributed by atoms with Crippen molar-refractivity contribution in [3.8, 4) is 0 Å². The highest BCUT2D eigenvalue weighted by molar-refractivity contribution is 5.07. The molecule has 0 aliphatic carbocycles. The van der Waals surface area contributed by atoms with Gasteiger partial charge < -0.3 is 5.11 Å². The first kappa shape index (κ1) is 11.1. The molecule has 1 unspecified atom stereocenters. The van der Waals surface area contributed by atoms with Gasteiger partial charge in [0, 0.05) is 0 Å². The van der Waals surface area contributed by atoms with Crippen LogP contribution < -0.4 is 0 Å². The molecule has 70 valence electrons. The van der Waals surface area contributed by atoms with Crippen molar-refractivity contribution in [1.82, 2.24) is 0 Å². The zero-order valence-electron chi connectivity index (χ0n) is 6.73. The number of hydrogen-bond donors (Lipinski definition) is 1. The third-order valence-corrected chi connectivity index (χ3v) is 1.38. The lowest BCUT2D eigenvalue weighted by Gasteiger charge is -2.13. The first-order chi connectivity index (χ1) is 5.38. The molecule has 0 aromatic heterocycles. The molecule has 1 N–H and O–H groups in total. The summed E-state index contributed by atoms with van der Waals surface area (Å²) in [5.41, 5.74) is 0. The summed E-state index contributed by atoms with van der Waals surface area (Å²) < 4.78 is 36.0. The Kier molecular flexibility index (Phi) is 3.86. The summed E-state index contributed by atoms with van der Waals surface area (Å²) >= 11 is 0. The topological polar surface area (TPSA) is 20.2 Å². The van der Waals surface area contributed by atoms with Gasteiger partial charge in [0.05, 0.1) is 5.92 Å². The summed E-state index contributed by atoms with van der Waals surface area (Å²) in [4.78, 5) is 0. The molecular formula is C8H11F3O. The van der Waals surface area contributed by atoms with Gasteiger partial charge in [-0.2, -0.15) is 13.2 Å². The molecule has 4 heteroatoms.